The molecule has 4 nitrogen and oxygen atoms in total. The summed E-state index contributed by atoms with van der Waals surface area (Å²) in [7, 11) is 0. The van der Waals surface area contributed by atoms with Crippen molar-refractivity contribution in [3.8, 4) is 0 Å². The monoisotopic (exact) mass is 412 g/mol. The van der Waals surface area contributed by atoms with Crippen molar-refractivity contribution in [2.45, 2.75) is 25.7 Å². The van der Waals surface area contributed by atoms with Crippen LogP contribution in [0.1, 0.15) is 47.2 Å². The van der Waals surface area contributed by atoms with Crippen molar-refractivity contribution in [1.82, 2.24) is 4.90 Å². The van der Waals surface area contributed by atoms with Crippen LogP contribution in [0.3, 0.4) is 0 Å². The zero-order chi connectivity index (χ0) is 21.6. The Balaban J connectivity index is 1.61. The summed E-state index contributed by atoms with van der Waals surface area (Å²) in [5, 5.41) is 3.05. The number of carbonyl (C=O) groups is 2. The molecule has 0 aliphatic carbocycles. The summed E-state index contributed by atoms with van der Waals surface area (Å²) in [5.74, 6) is 0.0292. The standard InChI is InChI=1S/C27H28N2O2/c1-20-16-18-29(19-17-20)27(31)23-14-8-9-15-24(23)28-26(30)25(21-10-4-2-5-11-21)22-12-6-3-7-13-22/h2-15,20,25H,16-19H2,1H3,(H,28,30). The van der Waals surface area contributed by atoms with Gasteiger partial charge in [0.05, 0.1) is 17.2 Å². The van der Waals surface area contributed by atoms with Gasteiger partial charge in [0.2, 0.25) is 5.91 Å². The lowest BCUT2D eigenvalue weighted by molar-refractivity contribution is -0.116. The predicted octanol–water partition coefficient (Wildman–Crippen LogP) is 5.33. The van der Waals surface area contributed by atoms with Gasteiger partial charge in [-0.15, -0.1) is 0 Å². The third-order valence-corrected chi connectivity index (χ3v) is 6.01. The van der Waals surface area contributed by atoms with E-state index in [-0.39, 0.29) is 11.8 Å². The van der Waals surface area contributed by atoms with Crippen molar-refractivity contribution in [2.75, 3.05) is 18.4 Å². The quantitative estimate of drug-likeness (QED) is 0.616. The Labute approximate surface area is 183 Å². The molecule has 1 fully saturated rings. The average molecular weight is 413 g/mol. The van der Waals surface area contributed by atoms with Gasteiger partial charge in [0.25, 0.3) is 5.91 Å². The van der Waals surface area contributed by atoms with Gasteiger partial charge in [0, 0.05) is 13.1 Å². The number of amides is 2. The second kappa shape index (κ2) is 9.61. The van der Waals surface area contributed by atoms with Crippen molar-refractivity contribution in [1.29, 1.82) is 0 Å². The molecule has 0 unspecified atom stereocenters. The molecule has 0 saturated carbocycles. The fourth-order valence-corrected chi connectivity index (χ4v) is 4.15. The zero-order valence-corrected chi connectivity index (χ0v) is 17.8. The molecule has 1 saturated heterocycles. The Kier molecular flexibility index (Phi) is 6.46. The minimum absolute atomic E-state index is 0.0150. The number of nitrogens with one attached hydrogen (secondary N) is 1. The molecule has 158 valence electrons. The molecule has 0 spiro atoms. The molecule has 31 heavy (non-hydrogen) atoms. The minimum atomic E-state index is -0.457. The Morgan fingerprint density at radius 3 is 1.90 bits per heavy atom. The maximum atomic E-state index is 13.5. The number of nitrogens with zero attached hydrogens (tertiary/aromatic N) is 1. The summed E-state index contributed by atoms with van der Waals surface area (Å²) in [6.45, 7) is 3.75. The molecule has 0 radical (unpaired) electrons. The van der Waals surface area contributed by atoms with Gasteiger partial charge in [-0.3, -0.25) is 9.59 Å². The van der Waals surface area contributed by atoms with Crippen LogP contribution in [0.15, 0.2) is 84.9 Å². The third-order valence-electron chi connectivity index (χ3n) is 6.01. The molecule has 1 aliphatic heterocycles. The summed E-state index contributed by atoms with van der Waals surface area (Å²) in [5.41, 5.74) is 2.94. The van der Waals surface area contributed by atoms with Crippen LogP contribution in [-0.4, -0.2) is 29.8 Å². The molecule has 1 aliphatic rings. The Morgan fingerprint density at radius 2 is 1.32 bits per heavy atom. The Hall–Kier alpha value is -3.40. The highest BCUT2D eigenvalue weighted by molar-refractivity contribution is 6.05. The summed E-state index contributed by atoms with van der Waals surface area (Å²) in [4.78, 5) is 28.6. The van der Waals surface area contributed by atoms with E-state index in [1.165, 1.54) is 0 Å². The fourth-order valence-electron chi connectivity index (χ4n) is 4.15. The van der Waals surface area contributed by atoms with E-state index in [4.69, 9.17) is 0 Å². The molecule has 2 amide bonds. The van der Waals surface area contributed by atoms with Crippen molar-refractivity contribution < 1.29 is 9.59 Å². The molecule has 4 heteroatoms. The number of para-hydroxylation sites is 1. The van der Waals surface area contributed by atoms with Crippen LogP contribution in [0, 0.1) is 5.92 Å². The molecular formula is C27H28N2O2. The highest BCUT2D eigenvalue weighted by Gasteiger charge is 2.26. The summed E-state index contributed by atoms with van der Waals surface area (Å²) >= 11 is 0. The number of hydrogen-bond acceptors (Lipinski definition) is 2. The van der Waals surface area contributed by atoms with Gasteiger partial charge >= 0.3 is 0 Å². The highest BCUT2D eigenvalue weighted by Crippen LogP contribution is 2.28. The van der Waals surface area contributed by atoms with Crippen molar-refractivity contribution in [3.63, 3.8) is 0 Å². The minimum Gasteiger partial charge on any atom is -0.339 e. The largest absolute Gasteiger partial charge is 0.339 e. The van der Waals surface area contributed by atoms with Gasteiger partial charge in [-0.05, 0) is 42.0 Å². The normalized spacial score (nSPS) is 14.5. The SMILES string of the molecule is CC1CCN(C(=O)c2ccccc2NC(=O)C(c2ccccc2)c2ccccc2)CC1. The number of likely N-dealkylation sites (tertiary alicyclic amines) is 1. The van der Waals surface area contributed by atoms with E-state index in [9.17, 15) is 9.59 Å². The number of carbonyl (C=O) groups excluding carboxylic acids is 2. The first-order valence-electron chi connectivity index (χ1n) is 10.9. The van der Waals surface area contributed by atoms with Gasteiger partial charge in [0.15, 0.2) is 0 Å². The van der Waals surface area contributed by atoms with Crippen LogP contribution < -0.4 is 5.32 Å². The second-order valence-electron chi connectivity index (χ2n) is 8.26. The maximum Gasteiger partial charge on any atom is 0.255 e. The lowest BCUT2D eigenvalue weighted by Crippen LogP contribution is -2.38. The highest BCUT2D eigenvalue weighted by atomic mass is 16.2. The van der Waals surface area contributed by atoms with Crippen LogP contribution in [0.5, 0.6) is 0 Å². The molecule has 0 atom stereocenters. The molecule has 0 bridgehead atoms. The van der Waals surface area contributed by atoms with E-state index in [2.05, 4.69) is 12.2 Å². The first-order chi connectivity index (χ1) is 15.1. The molecular weight excluding hydrogens is 384 g/mol. The van der Waals surface area contributed by atoms with E-state index in [0.29, 0.717) is 17.2 Å². The van der Waals surface area contributed by atoms with Crippen LogP contribution in [0.2, 0.25) is 0 Å². The van der Waals surface area contributed by atoms with Gasteiger partial charge in [-0.25, -0.2) is 0 Å². The number of benzene rings is 3. The predicted molar refractivity (Wildman–Crippen MR) is 124 cm³/mol. The Bertz CT molecular complexity index is 986. The first-order valence-corrected chi connectivity index (χ1v) is 10.9. The fraction of sp³-hybridized carbons (Fsp3) is 0.259. The van der Waals surface area contributed by atoms with E-state index < -0.39 is 5.92 Å². The number of hydrogen-bond donors (Lipinski definition) is 1. The topological polar surface area (TPSA) is 49.4 Å². The van der Waals surface area contributed by atoms with Gasteiger partial charge in [-0.2, -0.15) is 0 Å². The molecule has 1 heterocycles. The average Bonchev–Trinajstić information content (AvgIpc) is 2.81. The smallest absolute Gasteiger partial charge is 0.255 e. The number of rotatable bonds is 5. The van der Waals surface area contributed by atoms with E-state index >= 15 is 0 Å². The van der Waals surface area contributed by atoms with Crippen molar-refractivity contribution in [2.24, 2.45) is 5.92 Å². The maximum absolute atomic E-state index is 13.5. The summed E-state index contributed by atoms with van der Waals surface area (Å²) in [6, 6.07) is 26.8. The van der Waals surface area contributed by atoms with E-state index in [0.717, 1.165) is 37.1 Å². The molecule has 4 rings (SSSR count). The zero-order valence-electron chi connectivity index (χ0n) is 17.8. The number of piperidine rings is 1. The number of anilines is 1. The molecule has 3 aromatic carbocycles. The lowest BCUT2D eigenvalue weighted by atomic mass is 9.90. The summed E-state index contributed by atoms with van der Waals surface area (Å²) < 4.78 is 0. The van der Waals surface area contributed by atoms with Crippen LogP contribution >= 0.6 is 0 Å². The van der Waals surface area contributed by atoms with Crippen molar-refractivity contribution in [3.05, 3.63) is 102 Å². The van der Waals surface area contributed by atoms with Crippen LogP contribution in [0.25, 0.3) is 0 Å². The van der Waals surface area contributed by atoms with Gasteiger partial charge in [-0.1, -0.05) is 79.7 Å². The Morgan fingerprint density at radius 1 is 0.806 bits per heavy atom. The van der Waals surface area contributed by atoms with Crippen LogP contribution in [-0.2, 0) is 4.79 Å². The second-order valence-corrected chi connectivity index (χ2v) is 8.26. The van der Waals surface area contributed by atoms with Gasteiger partial charge in [0.1, 0.15) is 0 Å². The molecule has 0 aromatic heterocycles. The van der Waals surface area contributed by atoms with Crippen LogP contribution in [0.4, 0.5) is 5.69 Å². The summed E-state index contributed by atoms with van der Waals surface area (Å²) in [6.07, 6.45) is 2.04. The molecule has 1 N–H and O–H groups in total. The van der Waals surface area contributed by atoms with E-state index in [1.54, 1.807) is 6.07 Å². The third kappa shape index (κ3) is 4.85. The molecule has 3 aromatic rings. The lowest BCUT2D eigenvalue weighted by Gasteiger charge is -2.31. The first kappa shape index (κ1) is 20.9. The van der Waals surface area contributed by atoms with Gasteiger partial charge < -0.3 is 10.2 Å². The van der Waals surface area contributed by atoms with E-state index in [1.807, 2.05) is 83.8 Å². The van der Waals surface area contributed by atoms with Crippen molar-refractivity contribution >= 4 is 17.5 Å².